The van der Waals surface area contributed by atoms with E-state index in [1.807, 2.05) is 13.8 Å². The van der Waals surface area contributed by atoms with Crippen LogP contribution in [-0.4, -0.2) is 34.8 Å². The quantitative estimate of drug-likeness (QED) is 0.740. The van der Waals surface area contributed by atoms with Gasteiger partial charge in [-0.3, -0.25) is 0 Å². The van der Waals surface area contributed by atoms with E-state index >= 15 is 0 Å². The molecule has 0 atom stereocenters. The zero-order valence-corrected chi connectivity index (χ0v) is 11.8. The van der Waals surface area contributed by atoms with Gasteiger partial charge in [-0.25, -0.2) is 9.78 Å². The summed E-state index contributed by atoms with van der Waals surface area (Å²) in [7, 11) is 0. The number of pyridine rings is 1. The van der Waals surface area contributed by atoms with Gasteiger partial charge in [-0.1, -0.05) is 13.8 Å². The summed E-state index contributed by atoms with van der Waals surface area (Å²) in [5.41, 5.74) is -0.296. The van der Waals surface area contributed by atoms with E-state index in [2.05, 4.69) is 10.3 Å². The highest BCUT2D eigenvalue weighted by molar-refractivity contribution is 5.89. The molecular weight excluding hydrogens is 244 g/mol. The molecule has 5 nitrogen and oxygen atoms in total. The van der Waals surface area contributed by atoms with Crippen molar-refractivity contribution in [2.24, 2.45) is 0 Å². The number of nitrogens with one attached hydrogen (secondary N) is 1. The van der Waals surface area contributed by atoms with Crippen molar-refractivity contribution >= 4 is 11.8 Å². The van der Waals surface area contributed by atoms with Crippen LogP contribution in [-0.2, 0) is 4.74 Å². The molecule has 106 valence electrons. The molecule has 0 aliphatic heterocycles. The summed E-state index contributed by atoms with van der Waals surface area (Å²) in [6.07, 6.45) is 2.83. The lowest BCUT2D eigenvalue weighted by Crippen LogP contribution is -2.35. The minimum atomic E-state index is -0.721. The molecule has 0 aliphatic rings. The van der Waals surface area contributed by atoms with Crippen molar-refractivity contribution in [1.29, 1.82) is 0 Å². The molecule has 0 saturated heterocycles. The first-order valence-electron chi connectivity index (χ1n) is 6.64. The number of rotatable bonds is 7. The Morgan fingerprint density at radius 1 is 1.37 bits per heavy atom. The second kappa shape index (κ2) is 7.09. The minimum absolute atomic E-state index is 0.346. The summed E-state index contributed by atoms with van der Waals surface area (Å²) < 4.78 is 4.88. The lowest BCUT2D eigenvalue weighted by molar-refractivity contribution is 0.0455. The SMILES string of the molecule is CCOC(=O)c1ccc(NCC(O)(CC)CC)nc1. The molecular formula is C14H22N2O3. The molecule has 0 amide bonds. The normalized spacial score (nSPS) is 11.2. The van der Waals surface area contributed by atoms with E-state index in [9.17, 15) is 9.90 Å². The Labute approximate surface area is 114 Å². The van der Waals surface area contributed by atoms with Crippen LogP contribution < -0.4 is 5.32 Å². The van der Waals surface area contributed by atoms with Crippen LogP contribution in [0.1, 0.15) is 44.0 Å². The molecule has 19 heavy (non-hydrogen) atoms. The van der Waals surface area contributed by atoms with E-state index in [0.29, 0.717) is 37.4 Å². The van der Waals surface area contributed by atoms with Gasteiger partial charge >= 0.3 is 5.97 Å². The van der Waals surface area contributed by atoms with Crippen molar-refractivity contribution in [1.82, 2.24) is 4.98 Å². The molecule has 0 fully saturated rings. The van der Waals surface area contributed by atoms with Gasteiger partial charge in [0, 0.05) is 12.7 Å². The first-order chi connectivity index (χ1) is 9.04. The number of hydrogen-bond donors (Lipinski definition) is 2. The molecule has 2 N–H and O–H groups in total. The molecule has 0 aromatic carbocycles. The van der Waals surface area contributed by atoms with Crippen LogP contribution in [0.4, 0.5) is 5.82 Å². The molecule has 0 unspecified atom stereocenters. The van der Waals surface area contributed by atoms with Crippen molar-refractivity contribution in [3.63, 3.8) is 0 Å². The molecule has 0 radical (unpaired) electrons. The molecule has 0 bridgehead atoms. The topological polar surface area (TPSA) is 71.5 Å². The molecule has 5 heteroatoms. The Hall–Kier alpha value is -1.62. The van der Waals surface area contributed by atoms with E-state index < -0.39 is 5.60 Å². The molecule has 1 aromatic rings. The predicted octanol–water partition coefficient (Wildman–Crippen LogP) is 2.22. The Morgan fingerprint density at radius 2 is 2.05 bits per heavy atom. The highest BCUT2D eigenvalue weighted by Gasteiger charge is 2.21. The maximum atomic E-state index is 11.4. The number of carbonyl (C=O) groups excluding carboxylic acids is 1. The maximum absolute atomic E-state index is 11.4. The number of anilines is 1. The molecule has 1 aromatic heterocycles. The third-order valence-electron chi connectivity index (χ3n) is 3.19. The Bertz CT molecular complexity index is 400. The highest BCUT2D eigenvalue weighted by Crippen LogP contribution is 2.15. The highest BCUT2D eigenvalue weighted by atomic mass is 16.5. The number of hydrogen-bond acceptors (Lipinski definition) is 5. The van der Waals surface area contributed by atoms with E-state index in [4.69, 9.17) is 4.74 Å². The van der Waals surface area contributed by atoms with Crippen molar-refractivity contribution in [3.05, 3.63) is 23.9 Å². The van der Waals surface area contributed by atoms with Crippen LogP contribution in [0.2, 0.25) is 0 Å². The number of esters is 1. The van der Waals surface area contributed by atoms with Crippen LogP contribution in [0.3, 0.4) is 0 Å². The van der Waals surface area contributed by atoms with Gasteiger partial charge in [0.15, 0.2) is 0 Å². The molecule has 0 saturated carbocycles. The van der Waals surface area contributed by atoms with Gasteiger partial charge in [0.25, 0.3) is 0 Å². The van der Waals surface area contributed by atoms with Crippen molar-refractivity contribution in [3.8, 4) is 0 Å². The third kappa shape index (κ3) is 4.52. The van der Waals surface area contributed by atoms with Crippen LogP contribution in [0.15, 0.2) is 18.3 Å². The molecule has 1 heterocycles. The van der Waals surface area contributed by atoms with Crippen LogP contribution in [0.25, 0.3) is 0 Å². The predicted molar refractivity (Wildman–Crippen MR) is 74.2 cm³/mol. The second-order valence-electron chi connectivity index (χ2n) is 4.44. The lowest BCUT2D eigenvalue weighted by atomic mass is 9.98. The third-order valence-corrected chi connectivity index (χ3v) is 3.19. The van der Waals surface area contributed by atoms with E-state index in [1.54, 1.807) is 19.1 Å². The average Bonchev–Trinajstić information content (AvgIpc) is 2.45. The average molecular weight is 266 g/mol. The summed E-state index contributed by atoms with van der Waals surface area (Å²) in [5, 5.41) is 13.2. The number of aliphatic hydroxyl groups is 1. The molecule has 0 aliphatic carbocycles. The van der Waals surface area contributed by atoms with Crippen LogP contribution >= 0.6 is 0 Å². The Kier molecular flexibility index (Phi) is 5.76. The first kappa shape index (κ1) is 15.4. The number of nitrogens with zero attached hydrogens (tertiary/aromatic N) is 1. The number of aromatic nitrogens is 1. The van der Waals surface area contributed by atoms with Gasteiger partial charge in [0.05, 0.1) is 17.8 Å². The van der Waals surface area contributed by atoms with E-state index in [1.165, 1.54) is 6.20 Å². The molecule has 0 spiro atoms. The van der Waals surface area contributed by atoms with Crippen molar-refractivity contribution < 1.29 is 14.6 Å². The number of carbonyl (C=O) groups is 1. The van der Waals surface area contributed by atoms with Crippen LogP contribution in [0.5, 0.6) is 0 Å². The van der Waals surface area contributed by atoms with Crippen LogP contribution in [0, 0.1) is 0 Å². The second-order valence-corrected chi connectivity index (χ2v) is 4.44. The van der Waals surface area contributed by atoms with Gasteiger partial charge in [0.1, 0.15) is 5.82 Å². The van der Waals surface area contributed by atoms with Crippen molar-refractivity contribution in [2.75, 3.05) is 18.5 Å². The van der Waals surface area contributed by atoms with Gasteiger partial charge in [0.2, 0.25) is 0 Å². The fourth-order valence-corrected chi connectivity index (χ4v) is 1.59. The summed E-state index contributed by atoms with van der Waals surface area (Å²) in [6.45, 7) is 6.44. The van der Waals surface area contributed by atoms with Crippen molar-refractivity contribution in [2.45, 2.75) is 39.2 Å². The zero-order valence-electron chi connectivity index (χ0n) is 11.8. The Balaban J connectivity index is 2.60. The summed E-state index contributed by atoms with van der Waals surface area (Å²) >= 11 is 0. The smallest absolute Gasteiger partial charge is 0.339 e. The summed E-state index contributed by atoms with van der Waals surface area (Å²) in [4.78, 5) is 15.6. The maximum Gasteiger partial charge on any atom is 0.339 e. The zero-order chi connectivity index (χ0) is 14.3. The summed E-state index contributed by atoms with van der Waals surface area (Å²) in [5.74, 6) is 0.258. The monoisotopic (exact) mass is 266 g/mol. The number of ether oxygens (including phenoxy) is 1. The van der Waals surface area contributed by atoms with Gasteiger partial charge in [-0.15, -0.1) is 0 Å². The first-order valence-corrected chi connectivity index (χ1v) is 6.64. The Morgan fingerprint density at radius 3 is 2.53 bits per heavy atom. The minimum Gasteiger partial charge on any atom is -0.462 e. The standard InChI is InChI=1S/C14H22N2O3/c1-4-14(18,5-2)10-16-12-8-7-11(9-15-12)13(17)19-6-3/h7-9,18H,4-6,10H2,1-3H3,(H,15,16). The van der Waals surface area contributed by atoms with E-state index in [-0.39, 0.29) is 5.97 Å². The molecule has 1 rings (SSSR count). The van der Waals surface area contributed by atoms with Gasteiger partial charge in [-0.05, 0) is 31.9 Å². The fraction of sp³-hybridized carbons (Fsp3) is 0.571. The fourth-order valence-electron chi connectivity index (χ4n) is 1.59. The van der Waals surface area contributed by atoms with E-state index in [0.717, 1.165) is 0 Å². The lowest BCUT2D eigenvalue weighted by Gasteiger charge is -2.25. The summed E-state index contributed by atoms with van der Waals surface area (Å²) in [6, 6.07) is 3.36. The van der Waals surface area contributed by atoms with Gasteiger partial charge < -0.3 is 15.2 Å². The largest absolute Gasteiger partial charge is 0.462 e. The van der Waals surface area contributed by atoms with Gasteiger partial charge in [-0.2, -0.15) is 0 Å².